The molecule has 1 aliphatic rings. The van der Waals surface area contributed by atoms with Crippen molar-refractivity contribution in [2.75, 3.05) is 20.1 Å². The van der Waals surface area contributed by atoms with E-state index in [2.05, 4.69) is 11.8 Å². The van der Waals surface area contributed by atoms with E-state index in [0.717, 1.165) is 45.2 Å². The summed E-state index contributed by atoms with van der Waals surface area (Å²) in [6.45, 7) is 3.91. The fourth-order valence-corrected chi connectivity index (χ4v) is 2.52. The highest BCUT2D eigenvalue weighted by molar-refractivity contribution is 5.75. The van der Waals surface area contributed by atoms with Gasteiger partial charge >= 0.3 is 5.97 Å². The van der Waals surface area contributed by atoms with E-state index in [1.807, 2.05) is 7.05 Å². The molecule has 15 heavy (non-hydrogen) atoms. The minimum Gasteiger partial charge on any atom is -0.481 e. The summed E-state index contributed by atoms with van der Waals surface area (Å²) in [6, 6.07) is 0. The van der Waals surface area contributed by atoms with Gasteiger partial charge < -0.3 is 10.0 Å². The minimum atomic E-state index is -0.594. The first-order chi connectivity index (χ1) is 7.10. The highest BCUT2D eigenvalue weighted by Gasteiger charge is 2.41. The van der Waals surface area contributed by atoms with Crippen LogP contribution in [0, 0.1) is 5.41 Å². The Morgan fingerprint density at radius 3 is 2.47 bits per heavy atom. The lowest BCUT2D eigenvalue weighted by atomic mass is 9.86. The van der Waals surface area contributed by atoms with Crippen LogP contribution in [-0.4, -0.2) is 36.1 Å². The molecular formula is C12H23NO2. The molecule has 0 aromatic heterocycles. The summed E-state index contributed by atoms with van der Waals surface area (Å²) in [4.78, 5) is 13.5. The largest absolute Gasteiger partial charge is 0.481 e. The van der Waals surface area contributed by atoms with Crippen LogP contribution in [0.2, 0.25) is 0 Å². The Morgan fingerprint density at radius 2 is 2.00 bits per heavy atom. The van der Waals surface area contributed by atoms with Gasteiger partial charge in [-0.25, -0.2) is 0 Å². The number of hydrogen-bond acceptors (Lipinski definition) is 2. The van der Waals surface area contributed by atoms with Crippen LogP contribution in [0.4, 0.5) is 0 Å². The van der Waals surface area contributed by atoms with Crippen molar-refractivity contribution < 1.29 is 9.90 Å². The van der Waals surface area contributed by atoms with Crippen molar-refractivity contribution in [1.82, 2.24) is 4.90 Å². The Morgan fingerprint density at radius 1 is 1.40 bits per heavy atom. The predicted octanol–water partition coefficient (Wildman–Crippen LogP) is 2.36. The zero-order valence-electron chi connectivity index (χ0n) is 9.96. The first kappa shape index (κ1) is 12.5. The molecule has 0 bridgehead atoms. The van der Waals surface area contributed by atoms with Crippen LogP contribution in [0.15, 0.2) is 0 Å². The van der Waals surface area contributed by atoms with Crippen molar-refractivity contribution in [1.29, 1.82) is 0 Å². The topological polar surface area (TPSA) is 40.5 Å². The highest BCUT2D eigenvalue weighted by Crippen LogP contribution is 2.38. The zero-order chi connectivity index (χ0) is 11.3. The molecule has 0 aliphatic heterocycles. The number of unbranched alkanes of at least 4 members (excludes halogenated alkanes) is 1. The van der Waals surface area contributed by atoms with Crippen molar-refractivity contribution in [3.8, 4) is 0 Å². The van der Waals surface area contributed by atoms with Crippen molar-refractivity contribution >= 4 is 5.97 Å². The van der Waals surface area contributed by atoms with Crippen LogP contribution in [0.25, 0.3) is 0 Å². The molecule has 3 heteroatoms. The van der Waals surface area contributed by atoms with Gasteiger partial charge in [-0.05, 0) is 32.9 Å². The zero-order valence-corrected chi connectivity index (χ0v) is 9.96. The van der Waals surface area contributed by atoms with Crippen LogP contribution in [-0.2, 0) is 4.79 Å². The first-order valence-electron chi connectivity index (χ1n) is 6.03. The van der Waals surface area contributed by atoms with Crippen molar-refractivity contribution in [3.05, 3.63) is 0 Å². The summed E-state index contributed by atoms with van der Waals surface area (Å²) in [5.74, 6) is -0.594. The third kappa shape index (κ3) is 3.20. The maximum atomic E-state index is 11.3. The average Bonchev–Trinajstić information content (AvgIpc) is 2.64. The third-order valence-corrected chi connectivity index (χ3v) is 3.48. The summed E-state index contributed by atoms with van der Waals surface area (Å²) in [6.07, 6.45) is 6.20. The van der Waals surface area contributed by atoms with Crippen LogP contribution < -0.4 is 0 Å². The first-order valence-corrected chi connectivity index (χ1v) is 6.03. The maximum absolute atomic E-state index is 11.3. The van der Waals surface area contributed by atoms with Gasteiger partial charge in [-0.1, -0.05) is 26.2 Å². The van der Waals surface area contributed by atoms with Gasteiger partial charge in [-0.15, -0.1) is 0 Å². The lowest BCUT2D eigenvalue weighted by molar-refractivity contribution is -0.149. The molecule has 1 N–H and O–H groups in total. The number of carbonyl (C=O) groups is 1. The molecule has 88 valence electrons. The molecule has 1 fully saturated rings. The normalized spacial score (nSPS) is 19.7. The second-order valence-electron chi connectivity index (χ2n) is 4.88. The van der Waals surface area contributed by atoms with E-state index in [-0.39, 0.29) is 0 Å². The van der Waals surface area contributed by atoms with Gasteiger partial charge in [0.25, 0.3) is 0 Å². The van der Waals surface area contributed by atoms with E-state index in [9.17, 15) is 9.90 Å². The Hall–Kier alpha value is -0.570. The fourth-order valence-electron chi connectivity index (χ4n) is 2.52. The molecule has 3 nitrogen and oxygen atoms in total. The number of aliphatic carboxylic acids is 1. The number of hydrogen-bond donors (Lipinski definition) is 1. The van der Waals surface area contributed by atoms with E-state index in [0.29, 0.717) is 0 Å². The van der Waals surface area contributed by atoms with Crippen LogP contribution in [0.1, 0.15) is 45.4 Å². The molecule has 0 aromatic rings. The van der Waals surface area contributed by atoms with Gasteiger partial charge in [-0.3, -0.25) is 4.79 Å². The number of rotatable bonds is 6. The van der Waals surface area contributed by atoms with Crippen molar-refractivity contribution in [2.24, 2.45) is 5.41 Å². The number of carboxylic acids is 1. The average molecular weight is 213 g/mol. The number of nitrogens with zero attached hydrogens (tertiary/aromatic N) is 1. The Balaban J connectivity index is 2.48. The van der Waals surface area contributed by atoms with E-state index in [1.54, 1.807) is 0 Å². The number of carboxylic acid groups (broad SMARTS) is 1. The molecule has 0 spiro atoms. The van der Waals surface area contributed by atoms with Crippen LogP contribution >= 0.6 is 0 Å². The molecule has 1 saturated carbocycles. The third-order valence-electron chi connectivity index (χ3n) is 3.48. The second-order valence-corrected chi connectivity index (χ2v) is 4.88. The van der Waals surface area contributed by atoms with Gasteiger partial charge in [0.2, 0.25) is 0 Å². The molecular weight excluding hydrogens is 190 g/mol. The quantitative estimate of drug-likeness (QED) is 0.736. The van der Waals surface area contributed by atoms with Gasteiger partial charge in [0, 0.05) is 6.54 Å². The molecule has 0 amide bonds. The molecule has 1 aliphatic carbocycles. The van der Waals surface area contributed by atoms with E-state index in [1.165, 1.54) is 6.42 Å². The van der Waals surface area contributed by atoms with Crippen molar-refractivity contribution in [3.63, 3.8) is 0 Å². The Bertz CT molecular complexity index is 210. The molecule has 0 atom stereocenters. The van der Waals surface area contributed by atoms with Gasteiger partial charge in [0.05, 0.1) is 5.41 Å². The summed E-state index contributed by atoms with van der Waals surface area (Å²) >= 11 is 0. The minimum absolute atomic E-state index is 0.442. The van der Waals surface area contributed by atoms with E-state index >= 15 is 0 Å². The molecule has 1 rings (SSSR count). The second kappa shape index (κ2) is 5.50. The summed E-state index contributed by atoms with van der Waals surface area (Å²) in [7, 11) is 2.04. The summed E-state index contributed by atoms with van der Waals surface area (Å²) < 4.78 is 0. The molecule has 0 heterocycles. The van der Waals surface area contributed by atoms with E-state index < -0.39 is 11.4 Å². The predicted molar refractivity (Wildman–Crippen MR) is 60.9 cm³/mol. The highest BCUT2D eigenvalue weighted by atomic mass is 16.4. The van der Waals surface area contributed by atoms with Crippen molar-refractivity contribution in [2.45, 2.75) is 45.4 Å². The smallest absolute Gasteiger partial charge is 0.310 e. The van der Waals surface area contributed by atoms with Gasteiger partial charge in [-0.2, -0.15) is 0 Å². The Kier molecular flexibility index (Phi) is 4.58. The van der Waals surface area contributed by atoms with Crippen LogP contribution in [0.5, 0.6) is 0 Å². The summed E-state index contributed by atoms with van der Waals surface area (Å²) in [5.41, 5.74) is -0.442. The standard InChI is InChI=1S/C12H23NO2/c1-3-4-9-13(2)10-12(11(14)15)7-5-6-8-12/h3-10H2,1-2H3,(H,14,15). The lowest BCUT2D eigenvalue weighted by Gasteiger charge is -2.29. The molecule has 0 unspecified atom stereocenters. The van der Waals surface area contributed by atoms with Crippen LogP contribution in [0.3, 0.4) is 0 Å². The molecule has 0 saturated heterocycles. The molecule has 0 radical (unpaired) electrons. The fraction of sp³-hybridized carbons (Fsp3) is 0.917. The summed E-state index contributed by atoms with van der Waals surface area (Å²) in [5, 5.41) is 9.31. The maximum Gasteiger partial charge on any atom is 0.310 e. The van der Waals surface area contributed by atoms with E-state index in [4.69, 9.17) is 0 Å². The molecule has 0 aromatic carbocycles. The monoisotopic (exact) mass is 213 g/mol. The van der Waals surface area contributed by atoms with Gasteiger partial charge in [0.1, 0.15) is 0 Å². The lowest BCUT2D eigenvalue weighted by Crippen LogP contribution is -2.40. The SMILES string of the molecule is CCCCN(C)CC1(C(=O)O)CCCC1. The Labute approximate surface area is 92.5 Å². The van der Waals surface area contributed by atoms with Gasteiger partial charge in [0.15, 0.2) is 0 Å².